The zero-order chi connectivity index (χ0) is 12.0. The van der Waals surface area contributed by atoms with Crippen molar-refractivity contribution in [3.05, 3.63) is 29.8 Å². The van der Waals surface area contributed by atoms with Crippen LogP contribution in [0.15, 0.2) is 24.3 Å². The quantitative estimate of drug-likeness (QED) is 0.594. The maximum Gasteiger partial charge on any atom is 0.325 e. The smallest absolute Gasteiger partial charge is 0.325 e. The summed E-state index contributed by atoms with van der Waals surface area (Å²) in [6, 6.07) is 7.71. The molecule has 0 saturated heterocycles. The fourth-order valence-electron chi connectivity index (χ4n) is 1.28. The molecule has 1 aromatic carbocycles. The average Bonchev–Trinajstić information content (AvgIpc) is 2.24. The van der Waals surface area contributed by atoms with Crippen LogP contribution < -0.4 is 4.74 Å². The molecule has 4 nitrogen and oxygen atoms in total. The van der Waals surface area contributed by atoms with Crippen LogP contribution in [0.3, 0.4) is 0 Å². The topological polar surface area (TPSA) is 66.8 Å². The number of hydrogen-bond acceptors (Lipinski definition) is 2. The predicted molar refractivity (Wildman–Crippen MR) is 62.8 cm³/mol. The molecule has 2 N–H and O–H groups in total. The van der Waals surface area contributed by atoms with Crippen LogP contribution in [0.2, 0.25) is 0 Å². The Balaban J connectivity index is 2.29. The first-order valence-corrected chi connectivity index (χ1v) is 7.07. The van der Waals surface area contributed by atoms with Gasteiger partial charge in [0, 0.05) is 0 Å². The highest BCUT2D eigenvalue weighted by atomic mass is 31.2. The Bertz CT molecular complexity index is 355. The Kier molecular flexibility index (Phi) is 5.00. The normalized spacial score (nSPS) is 11.4. The van der Waals surface area contributed by atoms with Gasteiger partial charge in [-0.2, -0.15) is 0 Å². The second-order valence-corrected chi connectivity index (χ2v) is 5.36. The van der Waals surface area contributed by atoms with Gasteiger partial charge >= 0.3 is 7.60 Å². The summed E-state index contributed by atoms with van der Waals surface area (Å²) in [7, 11) is -3.88. The van der Waals surface area contributed by atoms with Crippen molar-refractivity contribution >= 4 is 7.60 Å². The molecule has 5 heteroatoms. The number of ether oxygens (including phenoxy) is 1. The lowest BCUT2D eigenvalue weighted by Crippen LogP contribution is -2.00. The van der Waals surface area contributed by atoms with E-state index in [4.69, 9.17) is 14.5 Å². The highest BCUT2D eigenvalue weighted by Crippen LogP contribution is 2.34. The molecule has 1 aromatic rings. The molecule has 1 rings (SSSR count). The lowest BCUT2D eigenvalue weighted by atomic mass is 10.2. The van der Waals surface area contributed by atoms with Crippen molar-refractivity contribution in [2.75, 3.05) is 12.8 Å². The molecular formula is C11H17O4P. The lowest BCUT2D eigenvalue weighted by molar-refractivity contribution is 0.309. The Morgan fingerprint density at radius 1 is 1.25 bits per heavy atom. The van der Waals surface area contributed by atoms with E-state index < -0.39 is 7.60 Å². The van der Waals surface area contributed by atoms with E-state index in [1.54, 1.807) is 0 Å². The van der Waals surface area contributed by atoms with Crippen LogP contribution in [0, 0.1) is 0 Å². The van der Waals surface area contributed by atoms with E-state index in [2.05, 4.69) is 6.92 Å². The fourth-order valence-corrected chi connectivity index (χ4v) is 1.82. The van der Waals surface area contributed by atoms with Gasteiger partial charge in [-0.25, -0.2) is 0 Å². The maximum absolute atomic E-state index is 10.6. The summed E-state index contributed by atoms with van der Waals surface area (Å²) in [6.45, 7) is 2.41. The van der Waals surface area contributed by atoms with Gasteiger partial charge in [0.15, 0.2) is 0 Å². The largest absolute Gasteiger partial charge is 0.494 e. The Labute approximate surface area is 95.4 Å². The molecule has 0 heterocycles. The summed E-state index contributed by atoms with van der Waals surface area (Å²) in [5.74, 6) is 0.739. The average molecular weight is 244 g/mol. The van der Waals surface area contributed by atoms with Crippen LogP contribution in [0.5, 0.6) is 5.75 Å². The van der Waals surface area contributed by atoms with Crippen LogP contribution >= 0.6 is 7.60 Å². The van der Waals surface area contributed by atoms with Gasteiger partial charge in [-0.05, 0) is 30.5 Å². The minimum absolute atomic E-state index is 0.125. The number of rotatable bonds is 6. The van der Waals surface area contributed by atoms with E-state index in [-0.39, 0.29) is 6.16 Å². The van der Waals surface area contributed by atoms with Crippen LogP contribution in [-0.4, -0.2) is 22.6 Å². The third-order valence-corrected chi connectivity index (χ3v) is 3.09. The molecule has 0 aliphatic carbocycles. The van der Waals surface area contributed by atoms with E-state index in [1.165, 1.54) is 5.56 Å². The van der Waals surface area contributed by atoms with Crippen molar-refractivity contribution in [1.82, 2.24) is 0 Å². The van der Waals surface area contributed by atoms with Crippen LogP contribution in [0.1, 0.15) is 18.9 Å². The van der Waals surface area contributed by atoms with E-state index in [0.717, 1.165) is 12.2 Å². The van der Waals surface area contributed by atoms with Gasteiger partial charge < -0.3 is 14.5 Å². The number of hydrogen-bond donors (Lipinski definition) is 2. The van der Waals surface area contributed by atoms with Crippen molar-refractivity contribution in [2.24, 2.45) is 0 Å². The third kappa shape index (κ3) is 5.31. The first-order valence-electron chi connectivity index (χ1n) is 5.27. The molecule has 16 heavy (non-hydrogen) atoms. The number of aryl methyl sites for hydroxylation is 1. The van der Waals surface area contributed by atoms with E-state index >= 15 is 0 Å². The molecule has 0 spiro atoms. The molecular weight excluding hydrogens is 227 g/mol. The minimum Gasteiger partial charge on any atom is -0.494 e. The zero-order valence-corrected chi connectivity index (χ0v) is 10.2. The van der Waals surface area contributed by atoms with Gasteiger partial charge in [0.1, 0.15) is 5.75 Å². The van der Waals surface area contributed by atoms with Gasteiger partial charge in [0.2, 0.25) is 0 Å². The van der Waals surface area contributed by atoms with Crippen LogP contribution in [-0.2, 0) is 11.0 Å². The minimum atomic E-state index is -3.88. The van der Waals surface area contributed by atoms with Crippen molar-refractivity contribution in [2.45, 2.75) is 19.8 Å². The summed E-state index contributed by atoms with van der Waals surface area (Å²) in [5.41, 5.74) is 1.24. The van der Waals surface area contributed by atoms with Crippen LogP contribution in [0.25, 0.3) is 0 Å². The summed E-state index contributed by atoms with van der Waals surface area (Å²) in [4.78, 5) is 17.3. The third-order valence-electron chi connectivity index (χ3n) is 2.19. The Hall–Kier alpha value is -0.830. The standard InChI is InChI=1S/C11H17O4P/c1-2-10-4-6-11(7-5-10)15-8-3-9-16(12,13)14/h4-7H,2-3,8-9H2,1H3,(H2,12,13,14). The fraction of sp³-hybridized carbons (Fsp3) is 0.455. The predicted octanol–water partition coefficient (Wildman–Crippen LogP) is 2.20. The van der Waals surface area contributed by atoms with Gasteiger partial charge in [-0.15, -0.1) is 0 Å². The Morgan fingerprint density at radius 2 is 1.88 bits per heavy atom. The summed E-state index contributed by atoms with van der Waals surface area (Å²) >= 11 is 0. The van der Waals surface area contributed by atoms with Crippen molar-refractivity contribution in [3.63, 3.8) is 0 Å². The molecule has 0 fully saturated rings. The Morgan fingerprint density at radius 3 is 2.38 bits per heavy atom. The molecule has 0 bridgehead atoms. The van der Waals surface area contributed by atoms with Crippen molar-refractivity contribution in [1.29, 1.82) is 0 Å². The number of benzene rings is 1. The molecule has 0 unspecified atom stereocenters. The van der Waals surface area contributed by atoms with E-state index in [1.807, 2.05) is 24.3 Å². The second-order valence-electron chi connectivity index (χ2n) is 3.59. The molecule has 0 amide bonds. The van der Waals surface area contributed by atoms with Crippen molar-refractivity contribution < 1.29 is 19.1 Å². The highest BCUT2D eigenvalue weighted by Gasteiger charge is 2.11. The molecule has 90 valence electrons. The van der Waals surface area contributed by atoms with E-state index in [0.29, 0.717) is 13.0 Å². The highest BCUT2D eigenvalue weighted by molar-refractivity contribution is 7.51. The molecule has 0 aliphatic heterocycles. The first kappa shape index (κ1) is 13.2. The van der Waals surface area contributed by atoms with Gasteiger partial charge in [-0.3, -0.25) is 4.57 Å². The van der Waals surface area contributed by atoms with Gasteiger partial charge in [0.25, 0.3) is 0 Å². The summed E-state index contributed by atoms with van der Waals surface area (Å²) in [6.07, 6.45) is 1.22. The SMILES string of the molecule is CCc1ccc(OCCCP(=O)(O)O)cc1. The monoisotopic (exact) mass is 244 g/mol. The maximum atomic E-state index is 10.6. The summed E-state index contributed by atoms with van der Waals surface area (Å²) in [5, 5.41) is 0. The first-order chi connectivity index (χ1) is 7.51. The lowest BCUT2D eigenvalue weighted by Gasteiger charge is -2.07. The van der Waals surface area contributed by atoms with Crippen molar-refractivity contribution in [3.8, 4) is 5.75 Å². The van der Waals surface area contributed by atoms with Crippen LogP contribution in [0.4, 0.5) is 0 Å². The molecule has 0 aromatic heterocycles. The van der Waals surface area contributed by atoms with Gasteiger partial charge in [0.05, 0.1) is 12.8 Å². The molecule has 0 radical (unpaired) electrons. The second kappa shape index (κ2) is 6.04. The van der Waals surface area contributed by atoms with E-state index in [9.17, 15) is 4.57 Å². The molecule has 0 saturated carbocycles. The zero-order valence-electron chi connectivity index (χ0n) is 9.30. The molecule has 0 atom stereocenters. The van der Waals surface area contributed by atoms with Gasteiger partial charge in [-0.1, -0.05) is 19.1 Å². The molecule has 0 aliphatic rings. The summed E-state index contributed by atoms with van der Waals surface area (Å²) < 4.78 is 15.9.